The molecule has 0 aromatic carbocycles. The molecule has 1 saturated heterocycles. The molecule has 0 N–H and O–H groups in total. The number of thiophene rings is 1. The first-order chi connectivity index (χ1) is 14.2. The van der Waals surface area contributed by atoms with Crippen LogP contribution in [0.4, 0.5) is 13.2 Å². The molecule has 1 fully saturated rings. The summed E-state index contributed by atoms with van der Waals surface area (Å²) in [5.41, 5.74) is 0.177. The normalized spacial score (nSPS) is 17.4. The van der Waals surface area contributed by atoms with E-state index in [0.29, 0.717) is 41.3 Å². The minimum absolute atomic E-state index is 0.115. The molecule has 3 aromatic rings. The second kappa shape index (κ2) is 7.82. The van der Waals surface area contributed by atoms with Crippen molar-refractivity contribution < 1.29 is 22.5 Å². The number of amides is 1. The van der Waals surface area contributed by atoms with Crippen LogP contribution in [0.2, 0.25) is 0 Å². The zero-order valence-electron chi connectivity index (χ0n) is 16.4. The molecule has 0 bridgehead atoms. The molecule has 1 aliphatic rings. The van der Waals surface area contributed by atoms with Gasteiger partial charge >= 0.3 is 6.18 Å². The van der Waals surface area contributed by atoms with Crippen LogP contribution in [0.25, 0.3) is 10.6 Å². The maximum absolute atomic E-state index is 13.5. The van der Waals surface area contributed by atoms with E-state index in [0.717, 1.165) is 6.07 Å². The first kappa shape index (κ1) is 20.5. The van der Waals surface area contributed by atoms with Gasteiger partial charge in [-0.3, -0.25) is 4.79 Å². The fourth-order valence-corrected chi connectivity index (χ4v) is 4.35. The minimum Gasteiger partial charge on any atom is -0.361 e. The lowest BCUT2D eigenvalue weighted by molar-refractivity contribution is -0.141. The Bertz CT molecular complexity index is 1040. The molecule has 0 saturated carbocycles. The molecular weight excluding hydrogens is 417 g/mol. The number of nitrogens with zero attached hydrogens (tertiary/aromatic N) is 4. The van der Waals surface area contributed by atoms with E-state index in [-0.39, 0.29) is 29.9 Å². The number of likely N-dealkylation sites (tertiary alicyclic amines) is 1. The molecule has 0 aliphatic carbocycles. The van der Waals surface area contributed by atoms with Gasteiger partial charge in [0.2, 0.25) is 0 Å². The van der Waals surface area contributed by atoms with Gasteiger partial charge in [0.25, 0.3) is 5.91 Å². The van der Waals surface area contributed by atoms with Crippen LogP contribution in [-0.2, 0) is 6.18 Å². The monoisotopic (exact) mass is 436 g/mol. The van der Waals surface area contributed by atoms with Crippen LogP contribution in [-0.4, -0.2) is 39.0 Å². The van der Waals surface area contributed by atoms with Gasteiger partial charge in [-0.05, 0) is 44.2 Å². The molecule has 3 aromatic heterocycles. The van der Waals surface area contributed by atoms with Crippen LogP contribution in [0.3, 0.4) is 0 Å². The molecule has 4 rings (SSSR count). The largest absolute Gasteiger partial charge is 0.433 e. The summed E-state index contributed by atoms with van der Waals surface area (Å²) >= 11 is 1.32. The third kappa shape index (κ3) is 3.96. The molecule has 30 heavy (non-hydrogen) atoms. The summed E-state index contributed by atoms with van der Waals surface area (Å²) in [5.74, 6) is -0.0787. The van der Waals surface area contributed by atoms with Gasteiger partial charge in [0.1, 0.15) is 22.8 Å². The summed E-state index contributed by atoms with van der Waals surface area (Å²) in [6, 6.07) is 4.47. The van der Waals surface area contributed by atoms with Gasteiger partial charge in [-0.25, -0.2) is 9.97 Å². The lowest BCUT2D eigenvalue weighted by Crippen LogP contribution is -2.40. The van der Waals surface area contributed by atoms with E-state index < -0.39 is 11.9 Å². The van der Waals surface area contributed by atoms with Gasteiger partial charge in [-0.15, -0.1) is 11.3 Å². The average molecular weight is 436 g/mol. The Morgan fingerprint density at radius 2 is 2.10 bits per heavy atom. The molecule has 158 valence electrons. The number of carbonyl (C=O) groups is 1. The summed E-state index contributed by atoms with van der Waals surface area (Å²) in [6.07, 6.45) is -3.32. The van der Waals surface area contributed by atoms with Crippen molar-refractivity contribution in [3.05, 3.63) is 52.1 Å². The number of hydrogen-bond acceptors (Lipinski definition) is 6. The summed E-state index contributed by atoms with van der Waals surface area (Å²) in [6.45, 7) is 4.11. The predicted molar refractivity (Wildman–Crippen MR) is 104 cm³/mol. The fraction of sp³-hybridized carbons (Fsp3) is 0.400. The quantitative estimate of drug-likeness (QED) is 0.587. The number of alkyl halides is 3. The zero-order chi connectivity index (χ0) is 21.5. The number of carbonyl (C=O) groups excluding carboxylic acids is 1. The highest BCUT2D eigenvalue weighted by molar-refractivity contribution is 7.13. The zero-order valence-corrected chi connectivity index (χ0v) is 17.2. The maximum atomic E-state index is 13.5. The molecule has 1 aliphatic heterocycles. The van der Waals surface area contributed by atoms with Gasteiger partial charge < -0.3 is 9.42 Å². The minimum atomic E-state index is -4.58. The van der Waals surface area contributed by atoms with Gasteiger partial charge in [0.15, 0.2) is 0 Å². The smallest absolute Gasteiger partial charge is 0.361 e. The number of aromatic nitrogens is 3. The highest BCUT2D eigenvalue weighted by Gasteiger charge is 2.36. The van der Waals surface area contributed by atoms with E-state index in [9.17, 15) is 18.0 Å². The number of hydrogen-bond donors (Lipinski definition) is 0. The van der Waals surface area contributed by atoms with E-state index in [1.54, 1.807) is 36.3 Å². The Labute approximate surface area is 174 Å². The van der Waals surface area contributed by atoms with Crippen molar-refractivity contribution in [3.63, 3.8) is 0 Å². The molecule has 0 unspecified atom stereocenters. The van der Waals surface area contributed by atoms with Gasteiger partial charge in [-0.1, -0.05) is 11.2 Å². The van der Waals surface area contributed by atoms with E-state index in [2.05, 4.69) is 15.1 Å². The highest BCUT2D eigenvalue weighted by Crippen LogP contribution is 2.34. The van der Waals surface area contributed by atoms with E-state index in [1.165, 1.54) is 11.3 Å². The number of aryl methyl sites for hydroxylation is 2. The van der Waals surface area contributed by atoms with Crippen molar-refractivity contribution in [2.24, 2.45) is 0 Å². The molecular formula is C20H19F3N4O2S. The Morgan fingerprint density at radius 1 is 1.30 bits per heavy atom. The topological polar surface area (TPSA) is 72.1 Å². The average Bonchev–Trinajstić information content (AvgIpc) is 3.37. The lowest BCUT2D eigenvalue weighted by atomic mass is 9.96. The van der Waals surface area contributed by atoms with Crippen molar-refractivity contribution >= 4 is 17.2 Å². The van der Waals surface area contributed by atoms with Crippen molar-refractivity contribution in [3.8, 4) is 10.6 Å². The molecule has 4 heterocycles. The van der Waals surface area contributed by atoms with Crippen LogP contribution in [0.1, 0.15) is 52.1 Å². The molecule has 0 spiro atoms. The second-order valence-electron chi connectivity index (χ2n) is 7.26. The molecule has 0 radical (unpaired) electrons. The number of rotatable bonds is 3. The first-order valence-electron chi connectivity index (χ1n) is 9.46. The summed E-state index contributed by atoms with van der Waals surface area (Å²) in [4.78, 5) is 23.5. The van der Waals surface area contributed by atoms with Gasteiger partial charge in [0, 0.05) is 19.0 Å². The van der Waals surface area contributed by atoms with Gasteiger partial charge in [0.05, 0.1) is 16.3 Å². The van der Waals surface area contributed by atoms with Crippen LogP contribution in [0.15, 0.2) is 28.1 Å². The summed E-state index contributed by atoms with van der Waals surface area (Å²) in [5, 5.41) is 5.60. The highest BCUT2D eigenvalue weighted by atomic mass is 32.1. The Hall–Kier alpha value is -2.75. The molecule has 10 heteroatoms. The standard InChI is InChI=1S/C20H19F3N4O2S/c1-11-17(12(2)29-26-11)19(28)27-7-3-5-13(10-27)18-24-14(15-6-4-8-30-15)9-16(25-18)20(21,22)23/h4,6,8-9,13H,3,5,7,10H2,1-2H3/t13-/m0/s1. The number of piperidine rings is 1. The van der Waals surface area contributed by atoms with E-state index >= 15 is 0 Å². The Morgan fingerprint density at radius 3 is 2.73 bits per heavy atom. The van der Waals surface area contributed by atoms with Crippen molar-refractivity contribution in [1.29, 1.82) is 0 Å². The lowest BCUT2D eigenvalue weighted by Gasteiger charge is -2.32. The summed E-state index contributed by atoms with van der Waals surface area (Å²) in [7, 11) is 0. The van der Waals surface area contributed by atoms with Crippen LogP contribution in [0, 0.1) is 13.8 Å². The van der Waals surface area contributed by atoms with Crippen molar-refractivity contribution in [1.82, 2.24) is 20.0 Å². The number of halogens is 3. The Kier molecular flexibility index (Phi) is 5.35. The third-order valence-electron chi connectivity index (χ3n) is 5.13. The van der Waals surface area contributed by atoms with E-state index in [1.807, 2.05) is 0 Å². The first-order valence-corrected chi connectivity index (χ1v) is 10.3. The third-order valence-corrected chi connectivity index (χ3v) is 6.02. The molecule has 1 atom stereocenters. The van der Waals surface area contributed by atoms with Crippen molar-refractivity contribution in [2.75, 3.05) is 13.1 Å². The fourth-order valence-electron chi connectivity index (χ4n) is 3.66. The SMILES string of the molecule is Cc1noc(C)c1C(=O)N1CCC[C@H](c2nc(-c3cccs3)cc(C(F)(F)F)n2)C1. The molecule has 6 nitrogen and oxygen atoms in total. The predicted octanol–water partition coefficient (Wildman–Crippen LogP) is 4.85. The van der Waals surface area contributed by atoms with Crippen LogP contribution >= 0.6 is 11.3 Å². The maximum Gasteiger partial charge on any atom is 0.433 e. The van der Waals surface area contributed by atoms with Gasteiger partial charge in [-0.2, -0.15) is 13.2 Å². The molecule has 1 amide bonds. The van der Waals surface area contributed by atoms with E-state index in [4.69, 9.17) is 4.52 Å². The Balaban J connectivity index is 1.66. The summed E-state index contributed by atoms with van der Waals surface area (Å²) < 4.78 is 45.5. The van der Waals surface area contributed by atoms with Crippen LogP contribution in [0.5, 0.6) is 0 Å². The van der Waals surface area contributed by atoms with Crippen molar-refractivity contribution in [2.45, 2.75) is 38.8 Å². The second-order valence-corrected chi connectivity index (χ2v) is 8.21. The van der Waals surface area contributed by atoms with Crippen LogP contribution < -0.4 is 0 Å².